The number of alkyl carbamates (subject to hydrolysis) is 1. The number of amides is 2. The molecule has 1 fully saturated rings. The third kappa shape index (κ3) is 5.48. The zero-order chi connectivity index (χ0) is 19.3. The van der Waals surface area contributed by atoms with Crippen LogP contribution in [-0.4, -0.2) is 55.2 Å². The molecule has 1 atom stereocenters. The van der Waals surface area contributed by atoms with Gasteiger partial charge in [-0.15, -0.1) is 0 Å². The molecule has 144 valence electrons. The Kier molecular flexibility index (Phi) is 6.25. The van der Waals surface area contributed by atoms with Crippen molar-refractivity contribution in [2.24, 2.45) is 0 Å². The van der Waals surface area contributed by atoms with E-state index >= 15 is 0 Å². The van der Waals surface area contributed by atoms with Gasteiger partial charge in [0.2, 0.25) is 0 Å². The number of halogens is 1. The highest BCUT2D eigenvalue weighted by Crippen LogP contribution is 2.25. The topological polar surface area (TPSA) is 100 Å². The highest BCUT2D eigenvalue weighted by atomic mass is 19.1. The van der Waals surface area contributed by atoms with Gasteiger partial charge >= 0.3 is 12.2 Å². The lowest BCUT2D eigenvalue weighted by Gasteiger charge is -2.20. The van der Waals surface area contributed by atoms with Gasteiger partial charge in [0, 0.05) is 6.54 Å². The lowest BCUT2D eigenvalue weighted by atomic mass is 10.2. The summed E-state index contributed by atoms with van der Waals surface area (Å²) in [4.78, 5) is 25.0. The normalized spacial score (nSPS) is 17.0. The van der Waals surface area contributed by atoms with E-state index in [9.17, 15) is 14.0 Å². The van der Waals surface area contributed by atoms with Crippen molar-refractivity contribution in [3.8, 4) is 0 Å². The molecule has 1 aliphatic rings. The van der Waals surface area contributed by atoms with Gasteiger partial charge in [0.05, 0.1) is 31.1 Å². The van der Waals surface area contributed by atoms with Crippen molar-refractivity contribution in [3.05, 3.63) is 24.0 Å². The van der Waals surface area contributed by atoms with Gasteiger partial charge in [0.1, 0.15) is 17.5 Å². The zero-order valence-electron chi connectivity index (χ0n) is 15.0. The molecule has 9 heteroatoms. The Morgan fingerprint density at radius 1 is 1.46 bits per heavy atom. The van der Waals surface area contributed by atoms with Crippen LogP contribution in [0.1, 0.15) is 20.8 Å². The third-order valence-corrected chi connectivity index (χ3v) is 3.44. The van der Waals surface area contributed by atoms with E-state index in [2.05, 4.69) is 10.6 Å². The van der Waals surface area contributed by atoms with Gasteiger partial charge in [-0.3, -0.25) is 4.90 Å². The summed E-state index contributed by atoms with van der Waals surface area (Å²) in [7, 11) is 0. The van der Waals surface area contributed by atoms with Crippen LogP contribution in [-0.2, 0) is 9.47 Å². The van der Waals surface area contributed by atoms with E-state index < -0.39 is 29.7 Å². The quantitative estimate of drug-likeness (QED) is 0.710. The van der Waals surface area contributed by atoms with E-state index in [1.165, 1.54) is 17.0 Å². The zero-order valence-corrected chi connectivity index (χ0v) is 15.0. The van der Waals surface area contributed by atoms with Crippen LogP contribution in [0.2, 0.25) is 0 Å². The van der Waals surface area contributed by atoms with E-state index in [0.29, 0.717) is 5.69 Å². The van der Waals surface area contributed by atoms with Crippen LogP contribution in [0.15, 0.2) is 18.2 Å². The Hall–Kier alpha value is -2.55. The fourth-order valence-corrected chi connectivity index (χ4v) is 2.36. The maximum atomic E-state index is 14.1. The molecule has 1 aromatic rings. The van der Waals surface area contributed by atoms with Gasteiger partial charge in [0.25, 0.3) is 0 Å². The second-order valence-corrected chi connectivity index (χ2v) is 6.81. The van der Waals surface area contributed by atoms with Gasteiger partial charge in [-0.05, 0) is 39.0 Å². The molecule has 8 nitrogen and oxygen atoms in total. The van der Waals surface area contributed by atoms with Crippen LogP contribution in [0.25, 0.3) is 0 Å². The SMILES string of the molecule is CC(C)(C)OC(=O)NC[C@H]1CN(c2ccc(NCCO)c(F)c2)C(=O)O1. The molecule has 2 amide bonds. The highest BCUT2D eigenvalue weighted by Gasteiger charge is 2.33. The maximum Gasteiger partial charge on any atom is 0.414 e. The van der Waals surface area contributed by atoms with E-state index in [4.69, 9.17) is 14.6 Å². The van der Waals surface area contributed by atoms with Crippen LogP contribution in [0.5, 0.6) is 0 Å². The molecule has 3 N–H and O–H groups in total. The average molecular weight is 369 g/mol. The first-order valence-electron chi connectivity index (χ1n) is 8.29. The molecule has 1 heterocycles. The molecule has 1 saturated heterocycles. The van der Waals surface area contributed by atoms with E-state index in [-0.39, 0.29) is 31.9 Å². The van der Waals surface area contributed by atoms with E-state index in [1.54, 1.807) is 26.8 Å². The van der Waals surface area contributed by atoms with Crippen molar-refractivity contribution in [2.45, 2.75) is 32.5 Å². The summed E-state index contributed by atoms with van der Waals surface area (Å²) >= 11 is 0. The Morgan fingerprint density at radius 2 is 2.19 bits per heavy atom. The predicted octanol–water partition coefficient (Wildman–Crippen LogP) is 2.08. The van der Waals surface area contributed by atoms with Gasteiger partial charge < -0.3 is 25.2 Å². The molecular weight excluding hydrogens is 345 g/mol. The second kappa shape index (κ2) is 8.22. The maximum absolute atomic E-state index is 14.1. The molecule has 0 radical (unpaired) electrons. The van der Waals surface area contributed by atoms with Crippen LogP contribution < -0.4 is 15.5 Å². The first-order chi connectivity index (χ1) is 12.2. The Labute approximate surface area is 151 Å². The van der Waals surface area contributed by atoms with Crippen molar-refractivity contribution in [2.75, 3.05) is 36.5 Å². The van der Waals surface area contributed by atoms with Crippen LogP contribution in [0.4, 0.5) is 25.4 Å². The Bertz CT molecular complexity index is 662. The minimum absolute atomic E-state index is 0.0930. The van der Waals surface area contributed by atoms with Crippen LogP contribution in [0.3, 0.4) is 0 Å². The van der Waals surface area contributed by atoms with Crippen molar-refractivity contribution in [1.82, 2.24) is 5.32 Å². The number of aliphatic hydroxyl groups excluding tert-OH is 1. The molecule has 0 bridgehead atoms. The first-order valence-corrected chi connectivity index (χ1v) is 8.29. The molecule has 2 rings (SSSR count). The van der Waals surface area contributed by atoms with Crippen molar-refractivity contribution < 1.29 is 28.6 Å². The molecule has 0 unspecified atom stereocenters. The summed E-state index contributed by atoms with van der Waals surface area (Å²) in [5.41, 5.74) is -0.0356. The van der Waals surface area contributed by atoms with Crippen LogP contribution >= 0.6 is 0 Å². The van der Waals surface area contributed by atoms with E-state index in [0.717, 1.165) is 0 Å². The lowest BCUT2D eigenvalue weighted by Crippen LogP contribution is -2.38. The number of nitrogens with one attached hydrogen (secondary N) is 2. The number of benzene rings is 1. The number of carbonyl (C=O) groups excluding carboxylic acids is 2. The first kappa shape index (κ1) is 19.8. The molecule has 26 heavy (non-hydrogen) atoms. The Morgan fingerprint density at radius 3 is 2.81 bits per heavy atom. The number of cyclic esters (lactones) is 1. The minimum atomic E-state index is -0.619. The molecule has 0 aromatic heterocycles. The van der Waals surface area contributed by atoms with Crippen molar-refractivity contribution >= 4 is 23.6 Å². The monoisotopic (exact) mass is 369 g/mol. The van der Waals surface area contributed by atoms with Crippen LogP contribution in [0, 0.1) is 5.82 Å². The molecule has 0 spiro atoms. The predicted molar refractivity (Wildman–Crippen MR) is 93.8 cm³/mol. The number of hydrogen-bond donors (Lipinski definition) is 3. The molecule has 1 aromatic carbocycles. The number of ether oxygens (including phenoxy) is 2. The van der Waals surface area contributed by atoms with Gasteiger partial charge in [-0.1, -0.05) is 0 Å². The van der Waals surface area contributed by atoms with E-state index in [1.807, 2.05) is 0 Å². The van der Waals surface area contributed by atoms with Crippen molar-refractivity contribution in [1.29, 1.82) is 0 Å². The molecule has 1 aliphatic heterocycles. The van der Waals surface area contributed by atoms with Gasteiger partial charge in [-0.2, -0.15) is 0 Å². The number of aliphatic hydroxyl groups is 1. The lowest BCUT2D eigenvalue weighted by molar-refractivity contribution is 0.0496. The molecular formula is C17H24FN3O5. The average Bonchev–Trinajstić information content (AvgIpc) is 2.91. The van der Waals surface area contributed by atoms with Crippen molar-refractivity contribution in [3.63, 3.8) is 0 Å². The highest BCUT2D eigenvalue weighted by molar-refractivity contribution is 5.90. The number of carbonyl (C=O) groups is 2. The second-order valence-electron chi connectivity index (χ2n) is 6.81. The number of rotatable bonds is 6. The summed E-state index contributed by atoms with van der Waals surface area (Å²) in [6.45, 7) is 5.62. The molecule has 0 aliphatic carbocycles. The largest absolute Gasteiger partial charge is 0.444 e. The van der Waals surface area contributed by atoms with Gasteiger partial charge in [-0.25, -0.2) is 14.0 Å². The summed E-state index contributed by atoms with van der Waals surface area (Å²) in [6, 6.07) is 4.28. The standard InChI is InChI=1S/C17H24FN3O5/c1-17(2,3)26-15(23)20-9-12-10-21(16(24)25-12)11-4-5-14(13(18)8-11)19-6-7-22/h4-5,8,12,19,22H,6-7,9-10H2,1-3H3,(H,20,23)/t12-/m0/s1. The Balaban J connectivity index is 1.93. The van der Waals surface area contributed by atoms with Gasteiger partial charge in [0.15, 0.2) is 0 Å². The fraction of sp³-hybridized carbons (Fsp3) is 0.529. The minimum Gasteiger partial charge on any atom is -0.444 e. The summed E-state index contributed by atoms with van der Waals surface area (Å²) in [5, 5.41) is 14.0. The number of hydrogen-bond acceptors (Lipinski definition) is 6. The summed E-state index contributed by atoms with van der Waals surface area (Å²) in [5.74, 6) is -0.543. The third-order valence-electron chi connectivity index (χ3n) is 3.44. The summed E-state index contributed by atoms with van der Waals surface area (Å²) in [6.07, 6.45) is -1.78. The molecule has 0 saturated carbocycles. The number of nitrogens with zero attached hydrogens (tertiary/aromatic N) is 1. The smallest absolute Gasteiger partial charge is 0.414 e. The fourth-order valence-electron chi connectivity index (χ4n) is 2.36. The number of anilines is 2. The summed E-state index contributed by atoms with van der Waals surface area (Å²) < 4.78 is 24.4.